The van der Waals surface area contributed by atoms with Crippen molar-refractivity contribution in [3.8, 4) is 0 Å². The molecular formula is C15H21F3N2O4S. The zero-order valence-corrected chi connectivity index (χ0v) is 14.7. The van der Waals surface area contributed by atoms with Crippen LogP contribution in [0.4, 0.5) is 13.2 Å². The number of hydrogen-bond acceptors (Lipinski definition) is 4. The normalized spacial score (nSPS) is 12.6. The van der Waals surface area contributed by atoms with E-state index >= 15 is 0 Å². The number of aromatic carboxylic acids is 1. The van der Waals surface area contributed by atoms with E-state index in [4.69, 9.17) is 5.11 Å². The van der Waals surface area contributed by atoms with Gasteiger partial charge in [-0.2, -0.15) is 13.2 Å². The first-order valence-corrected chi connectivity index (χ1v) is 9.05. The van der Waals surface area contributed by atoms with E-state index in [1.165, 1.54) is 19.2 Å². The molecular weight excluding hydrogens is 361 g/mol. The van der Waals surface area contributed by atoms with Crippen LogP contribution in [0.5, 0.6) is 0 Å². The van der Waals surface area contributed by atoms with Gasteiger partial charge in [-0.3, -0.25) is 4.90 Å². The molecule has 0 radical (unpaired) electrons. The maximum Gasteiger partial charge on any atom is 0.401 e. The predicted molar refractivity (Wildman–Crippen MR) is 86.1 cm³/mol. The number of benzene rings is 1. The number of hydrogen-bond donors (Lipinski definition) is 2. The summed E-state index contributed by atoms with van der Waals surface area (Å²) < 4.78 is 63.7. The Morgan fingerprint density at radius 2 is 1.96 bits per heavy atom. The van der Waals surface area contributed by atoms with E-state index in [1.807, 2.05) is 0 Å². The van der Waals surface area contributed by atoms with Crippen LogP contribution in [0.15, 0.2) is 23.1 Å². The number of halogens is 3. The number of nitrogens with one attached hydrogen (secondary N) is 1. The second-order valence-electron chi connectivity index (χ2n) is 5.59. The highest BCUT2D eigenvalue weighted by Crippen LogP contribution is 2.19. The summed E-state index contributed by atoms with van der Waals surface area (Å²) in [6.45, 7) is 0.685. The van der Waals surface area contributed by atoms with E-state index < -0.39 is 28.7 Å². The molecule has 2 N–H and O–H groups in total. The lowest BCUT2D eigenvalue weighted by Gasteiger charge is -2.18. The molecule has 0 amide bonds. The number of alkyl halides is 3. The number of rotatable bonds is 9. The van der Waals surface area contributed by atoms with Crippen molar-refractivity contribution >= 4 is 16.0 Å². The van der Waals surface area contributed by atoms with E-state index in [2.05, 4.69) is 4.72 Å². The van der Waals surface area contributed by atoms with Gasteiger partial charge >= 0.3 is 12.1 Å². The van der Waals surface area contributed by atoms with Crippen LogP contribution in [0.3, 0.4) is 0 Å². The SMILES string of the molecule is CCc1ccc(C(=O)O)cc1S(=O)(=O)NCCCN(C)CC(F)(F)F. The van der Waals surface area contributed by atoms with Crippen molar-refractivity contribution in [1.82, 2.24) is 9.62 Å². The molecule has 10 heteroatoms. The Kier molecular flexibility index (Phi) is 7.39. The maximum atomic E-state index is 12.4. The average Bonchev–Trinajstić information content (AvgIpc) is 2.49. The van der Waals surface area contributed by atoms with Crippen LogP contribution in [-0.4, -0.2) is 57.3 Å². The van der Waals surface area contributed by atoms with Gasteiger partial charge in [0.1, 0.15) is 0 Å². The fraction of sp³-hybridized carbons (Fsp3) is 0.533. The van der Waals surface area contributed by atoms with Crippen LogP contribution < -0.4 is 4.72 Å². The zero-order chi connectivity index (χ0) is 19.3. The van der Waals surface area contributed by atoms with E-state index in [9.17, 15) is 26.4 Å². The quantitative estimate of drug-likeness (QED) is 0.639. The molecule has 1 aromatic carbocycles. The molecule has 0 fully saturated rings. The summed E-state index contributed by atoms with van der Waals surface area (Å²) in [5, 5.41) is 8.99. The zero-order valence-electron chi connectivity index (χ0n) is 13.9. The lowest BCUT2D eigenvalue weighted by atomic mass is 10.1. The van der Waals surface area contributed by atoms with Crippen LogP contribution in [0, 0.1) is 0 Å². The molecule has 0 saturated heterocycles. The summed E-state index contributed by atoms with van der Waals surface area (Å²) >= 11 is 0. The predicted octanol–water partition coefficient (Wildman–Crippen LogP) is 2.11. The molecule has 0 unspecified atom stereocenters. The molecule has 0 saturated carbocycles. The first-order chi connectivity index (χ1) is 11.5. The number of nitrogens with zero attached hydrogens (tertiary/aromatic N) is 1. The van der Waals surface area contributed by atoms with Gasteiger partial charge < -0.3 is 5.11 Å². The third-order valence-corrected chi connectivity index (χ3v) is 4.99. The lowest BCUT2D eigenvalue weighted by molar-refractivity contribution is -0.143. The highest BCUT2D eigenvalue weighted by atomic mass is 32.2. The first kappa shape index (κ1) is 21.4. The van der Waals surface area contributed by atoms with Gasteiger partial charge in [-0.1, -0.05) is 13.0 Å². The summed E-state index contributed by atoms with van der Waals surface area (Å²) in [6.07, 6.45) is -3.72. The minimum absolute atomic E-state index is 0.0506. The minimum Gasteiger partial charge on any atom is -0.478 e. The summed E-state index contributed by atoms with van der Waals surface area (Å²) in [5.74, 6) is -1.24. The van der Waals surface area contributed by atoms with Gasteiger partial charge in [0.05, 0.1) is 17.0 Å². The molecule has 0 aliphatic heterocycles. The molecule has 0 aliphatic rings. The molecule has 0 heterocycles. The Hall–Kier alpha value is -1.65. The summed E-state index contributed by atoms with van der Waals surface area (Å²) in [7, 11) is -2.65. The standard InChI is InChI=1S/C15H21F3N2O4S/c1-3-11-5-6-12(14(21)22)9-13(11)25(23,24)19-7-4-8-20(2)10-15(16,17)18/h5-6,9,19H,3-4,7-8,10H2,1-2H3,(H,21,22). The molecule has 6 nitrogen and oxygen atoms in total. The monoisotopic (exact) mass is 382 g/mol. The number of carbonyl (C=O) groups is 1. The van der Waals surface area contributed by atoms with Gasteiger partial charge in [-0.05, 0) is 44.1 Å². The third-order valence-electron chi connectivity index (χ3n) is 3.44. The second-order valence-corrected chi connectivity index (χ2v) is 7.32. The average molecular weight is 382 g/mol. The highest BCUT2D eigenvalue weighted by molar-refractivity contribution is 7.89. The Bertz CT molecular complexity index is 705. The number of sulfonamides is 1. The van der Waals surface area contributed by atoms with Crippen LogP contribution in [0.2, 0.25) is 0 Å². The smallest absolute Gasteiger partial charge is 0.401 e. The van der Waals surface area contributed by atoms with Crippen LogP contribution >= 0.6 is 0 Å². The minimum atomic E-state index is -4.30. The first-order valence-electron chi connectivity index (χ1n) is 7.57. The van der Waals surface area contributed by atoms with Crippen molar-refractivity contribution in [3.05, 3.63) is 29.3 Å². The lowest BCUT2D eigenvalue weighted by Crippen LogP contribution is -2.34. The Morgan fingerprint density at radius 3 is 2.48 bits per heavy atom. The van der Waals surface area contributed by atoms with E-state index in [0.29, 0.717) is 12.0 Å². The topological polar surface area (TPSA) is 86.7 Å². The van der Waals surface area contributed by atoms with E-state index in [0.717, 1.165) is 11.0 Å². The molecule has 1 rings (SSSR count). The van der Waals surface area contributed by atoms with Gasteiger partial charge in [0.15, 0.2) is 0 Å². The fourth-order valence-electron chi connectivity index (χ4n) is 2.25. The number of carboxylic acids is 1. The molecule has 0 atom stereocenters. The van der Waals surface area contributed by atoms with Crippen molar-refractivity contribution in [3.63, 3.8) is 0 Å². The fourth-order valence-corrected chi connectivity index (χ4v) is 3.66. The Morgan fingerprint density at radius 1 is 1.32 bits per heavy atom. The van der Waals surface area contributed by atoms with Crippen molar-refractivity contribution in [2.24, 2.45) is 0 Å². The maximum absolute atomic E-state index is 12.4. The molecule has 142 valence electrons. The van der Waals surface area contributed by atoms with Crippen LogP contribution in [0.1, 0.15) is 29.3 Å². The molecule has 1 aromatic rings. The third kappa shape index (κ3) is 7.00. The largest absolute Gasteiger partial charge is 0.478 e. The van der Waals surface area contributed by atoms with Crippen LogP contribution in [-0.2, 0) is 16.4 Å². The molecule has 25 heavy (non-hydrogen) atoms. The Balaban J connectivity index is 2.73. The van der Waals surface area contributed by atoms with Crippen molar-refractivity contribution in [2.45, 2.75) is 30.8 Å². The van der Waals surface area contributed by atoms with E-state index in [1.54, 1.807) is 6.92 Å². The van der Waals surface area contributed by atoms with E-state index in [-0.39, 0.29) is 30.0 Å². The van der Waals surface area contributed by atoms with Gasteiger partial charge in [0, 0.05) is 6.54 Å². The highest BCUT2D eigenvalue weighted by Gasteiger charge is 2.28. The Labute approximate surface area is 144 Å². The molecule has 0 aromatic heterocycles. The number of aryl methyl sites for hydroxylation is 1. The van der Waals surface area contributed by atoms with Gasteiger partial charge in [0.25, 0.3) is 0 Å². The van der Waals surface area contributed by atoms with Crippen molar-refractivity contribution < 1.29 is 31.5 Å². The van der Waals surface area contributed by atoms with Gasteiger partial charge in [-0.25, -0.2) is 17.9 Å². The van der Waals surface area contributed by atoms with Crippen molar-refractivity contribution in [1.29, 1.82) is 0 Å². The summed E-state index contributed by atoms with van der Waals surface area (Å²) in [5.41, 5.74) is 0.314. The van der Waals surface area contributed by atoms with Gasteiger partial charge in [-0.15, -0.1) is 0 Å². The molecule has 0 bridgehead atoms. The summed E-state index contributed by atoms with van der Waals surface area (Å²) in [4.78, 5) is 11.9. The molecule has 0 spiro atoms. The molecule has 0 aliphatic carbocycles. The van der Waals surface area contributed by atoms with Crippen molar-refractivity contribution in [2.75, 3.05) is 26.7 Å². The second kappa shape index (κ2) is 8.63. The van der Waals surface area contributed by atoms with Gasteiger partial charge in [0.2, 0.25) is 10.0 Å². The summed E-state index contributed by atoms with van der Waals surface area (Å²) in [6, 6.07) is 3.85. The van der Waals surface area contributed by atoms with Crippen LogP contribution in [0.25, 0.3) is 0 Å². The number of carboxylic acid groups (broad SMARTS) is 1.